The van der Waals surface area contributed by atoms with Gasteiger partial charge in [0.2, 0.25) is 11.8 Å². The summed E-state index contributed by atoms with van der Waals surface area (Å²) in [5.41, 5.74) is 1.16. The van der Waals surface area contributed by atoms with Gasteiger partial charge in [-0.3, -0.25) is 9.59 Å². The average molecular weight is 425 g/mol. The fourth-order valence-corrected chi connectivity index (χ4v) is 3.41. The third-order valence-electron chi connectivity index (χ3n) is 5.42. The van der Waals surface area contributed by atoms with E-state index in [4.69, 9.17) is 4.74 Å². The zero-order chi connectivity index (χ0) is 22.5. The molecule has 0 saturated heterocycles. The van der Waals surface area contributed by atoms with E-state index in [1.165, 1.54) is 0 Å². The van der Waals surface area contributed by atoms with Crippen molar-refractivity contribution in [2.45, 2.75) is 65.0 Å². The average Bonchev–Trinajstić information content (AvgIpc) is 2.80. The first-order valence-electron chi connectivity index (χ1n) is 11.4. The number of nitrogens with zero attached hydrogens (tertiary/aromatic N) is 1. The van der Waals surface area contributed by atoms with Gasteiger partial charge in [-0.05, 0) is 50.3 Å². The van der Waals surface area contributed by atoms with Crippen molar-refractivity contribution in [2.24, 2.45) is 0 Å². The molecule has 0 spiro atoms. The van der Waals surface area contributed by atoms with Crippen LogP contribution in [0, 0.1) is 0 Å². The molecular weight excluding hydrogens is 388 g/mol. The Kier molecular flexibility index (Phi) is 10.6. The van der Waals surface area contributed by atoms with Crippen molar-refractivity contribution in [3.8, 4) is 5.75 Å². The van der Waals surface area contributed by atoms with Gasteiger partial charge in [0.15, 0.2) is 0 Å². The van der Waals surface area contributed by atoms with Gasteiger partial charge < -0.3 is 15.0 Å². The van der Waals surface area contributed by atoms with Gasteiger partial charge in [0.25, 0.3) is 0 Å². The highest BCUT2D eigenvalue weighted by atomic mass is 16.5. The second-order valence-corrected chi connectivity index (χ2v) is 7.83. The molecule has 5 nitrogen and oxygen atoms in total. The van der Waals surface area contributed by atoms with E-state index in [-0.39, 0.29) is 17.9 Å². The fourth-order valence-electron chi connectivity index (χ4n) is 3.41. The van der Waals surface area contributed by atoms with Crippen molar-refractivity contribution in [3.05, 3.63) is 66.2 Å². The monoisotopic (exact) mass is 424 g/mol. The van der Waals surface area contributed by atoms with Gasteiger partial charge in [-0.25, -0.2) is 0 Å². The van der Waals surface area contributed by atoms with Gasteiger partial charge in [0, 0.05) is 19.0 Å². The number of carbonyl (C=O) groups is 2. The van der Waals surface area contributed by atoms with Crippen LogP contribution in [0.3, 0.4) is 0 Å². The lowest BCUT2D eigenvalue weighted by atomic mass is 10.1. The summed E-state index contributed by atoms with van der Waals surface area (Å²) in [5, 5.41) is 3.05. The standard InChI is InChI=1S/C26H36N2O3/c1-4-21(3)27-26(30)24(5-2)28(19-18-22-13-8-6-9-14-22)25(29)17-12-20-31-23-15-10-7-11-16-23/h6-11,13-16,21,24H,4-5,12,17-20H2,1-3H3,(H,27,30)/t21-,24-/m0/s1. The number of para-hydroxylation sites is 1. The zero-order valence-electron chi connectivity index (χ0n) is 19.0. The van der Waals surface area contributed by atoms with Gasteiger partial charge in [0.1, 0.15) is 11.8 Å². The molecule has 2 aromatic rings. The van der Waals surface area contributed by atoms with E-state index in [2.05, 4.69) is 17.4 Å². The van der Waals surface area contributed by atoms with Crippen molar-refractivity contribution in [2.75, 3.05) is 13.2 Å². The molecule has 0 aliphatic heterocycles. The van der Waals surface area contributed by atoms with Crippen molar-refractivity contribution >= 4 is 11.8 Å². The van der Waals surface area contributed by atoms with Crippen LogP contribution < -0.4 is 10.1 Å². The van der Waals surface area contributed by atoms with Gasteiger partial charge >= 0.3 is 0 Å². The fraction of sp³-hybridized carbons (Fsp3) is 0.462. The van der Waals surface area contributed by atoms with Crippen LogP contribution in [-0.2, 0) is 16.0 Å². The number of hydrogen-bond acceptors (Lipinski definition) is 3. The molecule has 0 bridgehead atoms. The number of carbonyl (C=O) groups excluding carboxylic acids is 2. The first kappa shape index (κ1) is 24.4. The third kappa shape index (κ3) is 8.44. The molecule has 0 saturated carbocycles. The highest BCUT2D eigenvalue weighted by molar-refractivity contribution is 5.87. The summed E-state index contributed by atoms with van der Waals surface area (Å²) in [4.78, 5) is 27.8. The van der Waals surface area contributed by atoms with Gasteiger partial charge in [-0.2, -0.15) is 0 Å². The summed E-state index contributed by atoms with van der Waals surface area (Å²) < 4.78 is 5.72. The largest absolute Gasteiger partial charge is 0.494 e. The molecule has 5 heteroatoms. The Morgan fingerprint density at radius 3 is 2.23 bits per heavy atom. The lowest BCUT2D eigenvalue weighted by Gasteiger charge is -2.31. The Labute approximate surface area is 186 Å². The Balaban J connectivity index is 2.00. The molecule has 0 fully saturated rings. The number of amides is 2. The van der Waals surface area contributed by atoms with E-state index in [1.54, 1.807) is 4.90 Å². The normalized spacial score (nSPS) is 12.6. The summed E-state index contributed by atoms with van der Waals surface area (Å²) in [6.07, 6.45) is 3.13. The summed E-state index contributed by atoms with van der Waals surface area (Å²) in [6.45, 7) is 6.98. The molecule has 31 heavy (non-hydrogen) atoms. The van der Waals surface area contributed by atoms with Crippen LogP contribution in [0.25, 0.3) is 0 Å². The van der Waals surface area contributed by atoms with Crippen LogP contribution in [0.15, 0.2) is 60.7 Å². The summed E-state index contributed by atoms with van der Waals surface area (Å²) >= 11 is 0. The van der Waals surface area contributed by atoms with Crippen LogP contribution in [0.2, 0.25) is 0 Å². The summed E-state index contributed by atoms with van der Waals surface area (Å²) in [5.74, 6) is 0.729. The lowest BCUT2D eigenvalue weighted by molar-refractivity contribution is -0.141. The van der Waals surface area contributed by atoms with Crippen molar-refractivity contribution in [3.63, 3.8) is 0 Å². The maximum Gasteiger partial charge on any atom is 0.243 e. The van der Waals surface area contributed by atoms with Crippen molar-refractivity contribution in [1.82, 2.24) is 10.2 Å². The predicted octanol–water partition coefficient (Wildman–Crippen LogP) is 4.61. The smallest absolute Gasteiger partial charge is 0.243 e. The topological polar surface area (TPSA) is 58.6 Å². The molecule has 1 N–H and O–H groups in total. The molecule has 0 aliphatic carbocycles. The number of nitrogens with one attached hydrogen (secondary N) is 1. The zero-order valence-corrected chi connectivity index (χ0v) is 19.0. The molecule has 0 radical (unpaired) electrons. The third-order valence-corrected chi connectivity index (χ3v) is 5.42. The minimum absolute atomic E-state index is 0.00116. The minimum Gasteiger partial charge on any atom is -0.494 e. The second kappa shape index (κ2) is 13.5. The number of hydrogen-bond donors (Lipinski definition) is 1. The summed E-state index contributed by atoms with van der Waals surface area (Å²) in [6, 6.07) is 19.3. The summed E-state index contributed by atoms with van der Waals surface area (Å²) in [7, 11) is 0. The minimum atomic E-state index is -0.458. The van der Waals surface area contributed by atoms with Gasteiger partial charge in [-0.15, -0.1) is 0 Å². The molecule has 2 amide bonds. The van der Waals surface area contributed by atoms with Crippen LogP contribution in [0.4, 0.5) is 0 Å². The maximum atomic E-state index is 13.1. The van der Waals surface area contributed by atoms with E-state index < -0.39 is 6.04 Å². The maximum absolute atomic E-state index is 13.1. The van der Waals surface area contributed by atoms with E-state index in [0.717, 1.165) is 24.2 Å². The lowest BCUT2D eigenvalue weighted by Crippen LogP contribution is -2.51. The molecular formula is C26H36N2O3. The quantitative estimate of drug-likeness (QED) is 0.478. The highest BCUT2D eigenvalue weighted by Crippen LogP contribution is 2.13. The Morgan fingerprint density at radius 1 is 0.968 bits per heavy atom. The first-order chi connectivity index (χ1) is 15.0. The van der Waals surface area contributed by atoms with Crippen LogP contribution in [-0.4, -0.2) is 41.9 Å². The predicted molar refractivity (Wildman–Crippen MR) is 125 cm³/mol. The van der Waals surface area contributed by atoms with E-state index in [9.17, 15) is 9.59 Å². The van der Waals surface area contributed by atoms with Gasteiger partial charge in [-0.1, -0.05) is 62.4 Å². The van der Waals surface area contributed by atoms with E-state index in [1.807, 2.05) is 69.3 Å². The number of benzene rings is 2. The van der Waals surface area contributed by atoms with Crippen molar-refractivity contribution < 1.29 is 14.3 Å². The van der Waals surface area contributed by atoms with Gasteiger partial charge in [0.05, 0.1) is 6.61 Å². The molecule has 0 heterocycles. The Bertz CT molecular complexity index is 780. The molecule has 2 atom stereocenters. The molecule has 168 valence electrons. The molecule has 2 rings (SSSR count). The molecule has 2 aromatic carbocycles. The van der Waals surface area contributed by atoms with E-state index in [0.29, 0.717) is 32.4 Å². The number of rotatable bonds is 13. The molecule has 0 unspecified atom stereocenters. The van der Waals surface area contributed by atoms with Crippen LogP contribution in [0.5, 0.6) is 5.75 Å². The van der Waals surface area contributed by atoms with Crippen LogP contribution >= 0.6 is 0 Å². The Hall–Kier alpha value is -2.82. The van der Waals surface area contributed by atoms with Crippen molar-refractivity contribution in [1.29, 1.82) is 0 Å². The second-order valence-electron chi connectivity index (χ2n) is 7.83. The molecule has 0 aliphatic rings. The first-order valence-corrected chi connectivity index (χ1v) is 11.4. The Morgan fingerprint density at radius 2 is 1.61 bits per heavy atom. The van der Waals surface area contributed by atoms with Crippen LogP contribution in [0.1, 0.15) is 52.0 Å². The molecule has 0 aromatic heterocycles. The van der Waals surface area contributed by atoms with E-state index >= 15 is 0 Å². The SMILES string of the molecule is CC[C@H](C)NC(=O)[C@H](CC)N(CCc1ccccc1)C(=O)CCCOc1ccccc1. The number of ether oxygens (including phenoxy) is 1. The highest BCUT2D eigenvalue weighted by Gasteiger charge is 2.28.